The first-order valence-electron chi connectivity index (χ1n) is 3.73. The van der Waals surface area contributed by atoms with E-state index < -0.39 is 18.8 Å². The van der Waals surface area contributed by atoms with Crippen molar-refractivity contribution in [3.63, 3.8) is 0 Å². The Balaban J connectivity index is 2.98. The minimum atomic E-state index is -4.34. The molecule has 0 amide bonds. The molecular formula is C7H10F3N3. The summed E-state index contributed by atoms with van der Waals surface area (Å²) in [5.74, 6) is 0. The second-order valence-corrected chi connectivity index (χ2v) is 2.71. The van der Waals surface area contributed by atoms with Crippen molar-refractivity contribution in [3.8, 4) is 0 Å². The van der Waals surface area contributed by atoms with Gasteiger partial charge < -0.3 is 5.73 Å². The van der Waals surface area contributed by atoms with Crippen LogP contribution >= 0.6 is 0 Å². The first-order chi connectivity index (χ1) is 5.96. The zero-order valence-electron chi connectivity index (χ0n) is 7.04. The smallest absolute Gasteiger partial charge is 0.328 e. The molecule has 1 aromatic heterocycles. The Bertz CT molecular complexity index is 279. The normalized spacial score (nSPS) is 14.5. The van der Waals surface area contributed by atoms with Crippen LogP contribution in [0.15, 0.2) is 12.3 Å². The molecule has 1 heterocycles. The summed E-state index contributed by atoms with van der Waals surface area (Å²) in [5.41, 5.74) is 5.49. The molecule has 13 heavy (non-hydrogen) atoms. The summed E-state index contributed by atoms with van der Waals surface area (Å²) >= 11 is 0. The SMILES string of the molecule is Cc1ccnn1C(CN)C(F)(F)F. The van der Waals surface area contributed by atoms with Gasteiger partial charge in [0.15, 0.2) is 6.04 Å². The number of halogens is 3. The predicted molar refractivity (Wildman–Crippen MR) is 41.1 cm³/mol. The van der Waals surface area contributed by atoms with E-state index in [-0.39, 0.29) is 0 Å². The van der Waals surface area contributed by atoms with Crippen LogP contribution in [-0.2, 0) is 0 Å². The standard InChI is InChI=1S/C7H10F3N3/c1-5-2-3-12-13(5)6(4-11)7(8,9)10/h2-3,6H,4,11H2,1H3. The van der Waals surface area contributed by atoms with Gasteiger partial charge in [0.25, 0.3) is 0 Å². The van der Waals surface area contributed by atoms with Gasteiger partial charge in [-0.1, -0.05) is 0 Å². The molecule has 0 radical (unpaired) electrons. The molecule has 1 aromatic rings. The van der Waals surface area contributed by atoms with E-state index in [1.807, 2.05) is 0 Å². The number of alkyl halides is 3. The van der Waals surface area contributed by atoms with Crippen molar-refractivity contribution in [3.05, 3.63) is 18.0 Å². The summed E-state index contributed by atoms with van der Waals surface area (Å²) in [6.07, 6.45) is -3.02. The molecule has 3 nitrogen and oxygen atoms in total. The van der Waals surface area contributed by atoms with E-state index in [1.54, 1.807) is 6.92 Å². The maximum Gasteiger partial charge on any atom is 0.412 e. The van der Waals surface area contributed by atoms with Crippen LogP contribution in [0.3, 0.4) is 0 Å². The highest BCUT2D eigenvalue weighted by atomic mass is 19.4. The van der Waals surface area contributed by atoms with Crippen LogP contribution in [0.25, 0.3) is 0 Å². The molecule has 6 heteroatoms. The number of aryl methyl sites for hydroxylation is 1. The van der Waals surface area contributed by atoms with Crippen molar-refractivity contribution in [1.82, 2.24) is 9.78 Å². The van der Waals surface area contributed by atoms with Crippen molar-refractivity contribution < 1.29 is 13.2 Å². The molecule has 0 fully saturated rings. The van der Waals surface area contributed by atoms with Crippen LogP contribution in [0.2, 0.25) is 0 Å². The molecule has 0 aliphatic rings. The number of hydrogen-bond acceptors (Lipinski definition) is 2. The van der Waals surface area contributed by atoms with E-state index in [0.29, 0.717) is 5.69 Å². The zero-order valence-corrected chi connectivity index (χ0v) is 7.04. The fourth-order valence-corrected chi connectivity index (χ4v) is 1.08. The van der Waals surface area contributed by atoms with Crippen molar-refractivity contribution in [2.24, 2.45) is 5.73 Å². The predicted octanol–water partition coefficient (Wildman–Crippen LogP) is 1.25. The van der Waals surface area contributed by atoms with Crippen molar-refractivity contribution in [1.29, 1.82) is 0 Å². The summed E-state index contributed by atoms with van der Waals surface area (Å²) in [7, 11) is 0. The lowest BCUT2D eigenvalue weighted by Crippen LogP contribution is -2.34. The molecule has 1 atom stereocenters. The summed E-state index contributed by atoms with van der Waals surface area (Å²) in [6.45, 7) is 1.06. The largest absolute Gasteiger partial charge is 0.412 e. The van der Waals surface area contributed by atoms with Gasteiger partial charge in [-0.3, -0.25) is 4.68 Å². The number of aromatic nitrogens is 2. The third-order valence-corrected chi connectivity index (χ3v) is 1.76. The van der Waals surface area contributed by atoms with E-state index in [4.69, 9.17) is 5.73 Å². The van der Waals surface area contributed by atoms with Gasteiger partial charge in [0, 0.05) is 18.4 Å². The van der Waals surface area contributed by atoms with E-state index >= 15 is 0 Å². The van der Waals surface area contributed by atoms with Crippen LogP contribution in [0.5, 0.6) is 0 Å². The third-order valence-electron chi connectivity index (χ3n) is 1.76. The highest BCUT2D eigenvalue weighted by Crippen LogP contribution is 2.29. The topological polar surface area (TPSA) is 43.8 Å². The van der Waals surface area contributed by atoms with E-state index in [2.05, 4.69) is 5.10 Å². The van der Waals surface area contributed by atoms with E-state index in [0.717, 1.165) is 4.68 Å². The second-order valence-electron chi connectivity index (χ2n) is 2.71. The Morgan fingerprint density at radius 3 is 2.54 bits per heavy atom. The second kappa shape index (κ2) is 3.37. The van der Waals surface area contributed by atoms with Gasteiger partial charge in [0.2, 0.25) is 0 Å². The molecule has 2 N–H and O–H groups in total. The van der Waals surface area contributed by atoms with E-state index in [1.165, 1.54) is 12.3 Å². The number of rotatable bonds is 2. The molecule has 1 rings (SSSR count). The Kier molecular flexibility index (Phi) is 2.60. The van der Waals surface area contributed by atoms with Crippen molar-refractivity contribution >= 4 is 0 Å². The lowest BCUT2D eigenvalue weighted by molar-refractivity contribution is -0.167. The Morgan fingerprint density at radius 2 is 2.23 bits per heavy atom. The third kappa shape index (κ3) is 2.00. The van der Waals surface area contributed by atoms with Crippen molar-refractivity contribution in [2.45, 2.75) is 19.1 Å². The Morgan fingerprint density at radius 1 is 1.62 bits per heavy atom. The molecular weight excluding hydrogens is 183 g/mol. The van der Waals surface area contributed by atoms with Gasteiger partial charge in [-0.2, -0.15) is 18.3 Å². The Labute approximate surface area is 73.3 Å². The quantitative estimate of drug-likeness (QED) is 0.768. The minimum Gasteiger partial charge on any atom is -0.328 e. The molecule has 0 saturated heterocycles. The first kappa shape index (κ1) is 10.0. The first-order valence-corrected chi connectivity index (χ1v) is 3.73. The summed E-state index contributed by atoms with van der Waals surface area (Å²) in [5, 5.41) is 3.57. The minimum absolute atomic E-state index is 0.452. The maximum atomic E-state index is 12.3. The van der Waals surface area contributed by atoms with Crippen LogP contribution < -0.4 is 5.73 Å². The highest BCUT2D eigenvalue weighted by molar-refractivity contribution is 4.99. The molecule has 0 aliphatic carbocycles. The lowest BCUT2D eigenvalue weighted by atomic mass is 10.3. The molecule has 0 spiro atoms. The zero-order chi connectivity index (χ0) is 10.1. The molecule has 0 aromatic carbocycles. The van der Waals surface area contributed by atoms with Gasteiger partial charge >= 0.3 is 6.18 Å². The molecule has 0 saturated carbocycles. The fraction of sp³-hybridized carbons (Fsp3) is 0.571. The van der Waals surface area contributed by atoms with Gasteiger partial charge in [0.05, 0.1) is 0 Å². The Hall–Kier alpha value is -1.04. The fourth-order valence-electron chi connectivity index (χ4n) is 1.08. The molecule has 0 aliphatic heterocycles. The monoisotopic (exact) mass is 193 g/mol. The van der Waals surface area contributed by atoms with Crippen LogP contribution in [0, 0.1) is 6.92 Å². The molecule has 1 unspecified atom stereocenters. The van der Waals surface area contributed by atoms with Crippen LogP contribution in [0.1, 0.15) is 11.7 Å². The van der Waals surface area contributed by atoms with Gasteiger partial charge in [-0.15, -0.1) is 0 Å². The van der Waals surface area contributed by atoms with Crippen LogP contribution in [-0.4, -0.2) is 22.5 Å². The van der Waals surface area contributed by atoms with Crippen LogP contribution in [0.4, 0.5) is 13.2 Å². The summed E-state index contributed by atoms with van der Waals surface area (Å²) in [6, 6.07) is -0.212. The molecule has 74 valence electrons. The maximum absolute atomic E-state index is 12.3. The summed E-state index contributed by atoms with van der Waals surface area (Å²) < 4.78 is 37.9. The molecule has 0 bridgehead atoms. The average Bonchev–Trinajstić information content (AvgIpc) is 2.35. The lowest BCUT2D eigenvalue weighted by Gasteiger charge is -2.20. The average molecular weight is 193 g/mol. The number of nitrogens with zero attached hydrogens (tertiary/aromatic N) is 2. The number of nitrogens with two attached hydrogens (primary N) is 1. The number of hydrogen-bond donors (Lipinski definition) is 1. The highest BCUT2D eigenvalue weighted by Gasteiger charge is 2.40. The van der Waals surface area contributed by atoms with Crippen molar-refractivity contribution in [2.75, 3.05) is 6.54 Å². The van der Waals surface area contributed by atoms with E-state index in [9.17, 15) is 13.2 Å². The van der Waals surface area contributed by atoms with Gasteiger partial charge in [-0.05, 0) is 13.0 Å². The summed E-state index contributed by atoms with van der Waals surface area (Å²) in [4.78, 5) is 0. The van der Waals surface area contributed by atoms with Gasteiger partial charge in [0.1, 0.15) is 0 Å². The van der Waals surface area contributed by atoms with Gasteiger partial charge in [-0.25, -0.2) is 0 Å².